The summed E-state index contributed by atoms with van der Waals surface area (Å²) in [5.41, 5.74) is 0.517. The molecular weight excluding hydrogens is 769 g/mol. The Bertz CT molecular complexity index is 2110. The summed E-state index contributed by atoms with van der Waals surface area (Å²) < 4.78 is 163. The van der Waals surface area contributed by atoms with Gasteiger partial charge in [0.05, 0.1) is 48.0 Å². The topological polar surface area (TPSA) is 254 Å². The van der Waals surface area contributed by atoms with Crippen molar-refractivity contribution in [1.29, 1.82) is 0 Å². The maximum Gasteiger partial charge on any atom is 0.294 e. The number of fused-ring (bicyclic) bond motifs is 8. The Kier molecular flexibility index (Phi) is 10.4. The lowest BCUT2D eigenvalue weighted by molar-refractivity contribution is 0.394. The number of benzene rings is 4. The van der Waals surface area contributed by atoms with Gasteiger partial charge in [-0.2, -0.15) is 33.7 Å². The van der Waals surface area contributed by atoms with E-state index in [-0.39, 0.29) is 93.2 Å². The summed E-state index contributed by atoms with van der Waals surface area (Å²) in [6.07, 6.45) is -1.39. The van der Waals surface area contributed by atoms with Gasteiger partial charge >= 0.3 is 0 Å². The van der Waals surface area contributed by atoms with Crippen molar-refractivity contribution in [1.82, 2.24) is 0 Å². The molecule has 0 radical (unpaired) electrons. The molecule has 1 aliphatic carbocycles. The zero-order valence-electron chi connectivity index (χ0n) is 27.8. The first-order valence-corrected chi connectivity index (χ1v) is 20.5. The number of methoxy groups -OCH3 is 4. The molecule has 0 unspecified atom stereocenters. The van der Waals surface area contributed by atoms with E-state index in [2.05, 4.69) is 0 Å². The second-order valence-electron chi connectivity index (χ2n) is 11.7. The van der Waals surface area contributed by atoms with Gasteiger partial charge in [-0.3, -0.25) is 18.2 Å². The van der Waals surface area contributed by atoms with Crippen molar-refractivity contribution in [3.05, 3.63) is 93.0 Å². The molecule has 8 bridgehead atoms. The summed E-state index contributed by atoms with van der Waals surface area (Å²) in [7, 11) is -14.6. The average Bonchev–Trinajstić information content (AvgIpc) is 3.02. The van der Waals surface area contributed by atoms with E-state index in [0.717, 1.165) is 48.5 Å². The Labute approximate surface area is 299 Å². The van der Waals surface area contributed by atoms with Gasteiger partial charge < -0.3 is 18.9 Å². The zero-order valence-corrected chi connectivity index (χ0v) is 31.0. The molecule has 0 heterocycles. The van der Waals surface area contributed by atoms with Crippen LogP contribution in [0.5, 0.6) is 23.0 Å². The molecule has 0 atom stereocenters. The molecule has 0 fully saturated rings. The van der Waals surface area contributed by atoms with Crippen molar-refractivity contribution in [3.8, 4) is 23.0 Å². The third kappa shape index (κ3) is 7.88. The highest BCUT2D eigenvalue weighted by Crippen LogP contribution is 2.41. The molecule has 4 aromatic carbocycles. The molecule has 4 aromatic rings. The van der Waals surface area contributed by atoms with E-state index in [1.54, 1.807) is 0 Å². The third-order valence-corrected chi connectivity index (χ3v) is 11.7. The predicted octanol–water partition coefficient (Wildman–Crippen LogP) is 3.38. The quantitative estimate of drug-likeness (QED) is 0.164. The summed E-state index contributed by atoms with van der Waals surface area (Å²) in [6, 6.07) is 8.57. The van der Waals surface area contributed by atoms with E-state index in [0.29, 0.717) is 0 Å². The van der Waals surface area contributed by atoms with E-state index in [9.17, 15) is 51.9 Å². The van der Waals surface area contributed by atoms with Crippen molar-refractivity contribution < 1.29 is 70.8 Å². The van der Waals surface area contributed by atoms with Crippen LogP contribution in [0.1, 0.15) is 44.5 Å². The molecule has 5 rings (SSSR count). The fraction of sp³-hybridized carbons (Fsp3) is 0.250. The Balaban J connectivity index is 2.01. The largest absolute Gasteiger partial charge is 0.496 e. The molecule has 0 amide bonds. The molecule has 4 N–H and O–H groups in total. The van der Waals surface area contributed by atoms with Crippen LogP contribution in [-0.4, -0.2) is 80.3 Å². The summed E-state index contributed by atoms with van der Waals surface area (Å²) >= 11 is 0. The molecule has 0 saturated heterocycles. The Morgan fingerprint density at radius 2 is 0.481 bits per heavy atom. The minimum atomic E-state index is -4.90. The van der Waals surface area contributed by atoms with Crippen molar-refractivity contribution in [2.75, 3.05) is 28.4 Å². The average molecular weight is 801 g/mol. The van der Waals surface area contributed by atoms with Crippen LogP contribution in [0.3, 0.4) is 0 Å². The smallest absolute Gasteiger partial charge is 0.294 e. The van der Waals surface area contributed by atoms with Gasteiger partial charge in [0, 0.05) is 70.2 Å². The van der Waals surface area contributed by atoms with E-state index < -0.39 is 60.1 Å². The SMILES string of the molecule is COc1c2cc(S(=O)(=O)O)cc1Cc1cc(S(=O)(=O)O)cc(c1OC)Cc1cc(S(=O)(=O)O)cc(c1OC)Cc1cc(S(=O)(=O)O)cc(c1OC)C2. The first-order valence-electron chi connectivity index (χ1n) is 14.8. The molecule has 0 saturated carbocycles. The van der Waals surface area contributed by atoms with Crippen molar-refractivity contribution in [2.45, 2.75) is 45.3 Å². The second-order valence-corrected chi connectivity index (χ2v) is 17.4. The highest BCUT2D eigenvalue weighted by Gasteiger charge is 2.28. The predicted molar refractivity (Wildman–Crippen MR) is 182 cm³/mol. The van der Waals surface area contributed by atoms with Gasteiger partial charge in [-0.25, -0.2) is 0 Å². The van der Waals surface area contributed by atoms with Crippen LogP contribution in [-0.2, 0) is 66.2 Å². The molecule has 16 nitrogen and oxygen atoms in total. The van der Waals surface area contributed by atoms with Gasteiger partial charge in [0.15, 0.2) is 0 Å². The summed E-state index contributed by atoms with van der Waals surface area (Å²) in [5.74, 6) is 0.133. The molecule has 280 valence electrons. The minimum Gasteiger partial charge on any atom is -0.496 e. The molecule has 0 aliphatic heterocycles. The van der Waals surface area contributed by atoms with Crippen LogP contribution in [0.15, 0.2) is 68.1 Å². The van der Waals surface area contributed by atoms with E-state index >= 15 is 0 Å². The van der Waals surface area contributed by atoms with Gasteiger partial charge in [-0.1, -0.05) is 0 Å². The normalized spacial score (nSPS) is 13.7. The van der Waals surface area contributed by atoms with Gasteiger partial charge in [0.25, 0.3) is 40.5 Å². The molecule has 0 spiro atoms. The van der Waals surface area contributed by atoms with E-state index in [4.69, 9.17) is 18.9 Å². The lowest BCUT2D eigenvalue weighted by Gasteiger charge is -2.22. The summed E-state index contributed by atoms with van der Waals surface area (Å²) in [6.45, 7) is 0. The van der Waals surface area contributed by atoms with Crippen LogP contribution < -0.4 is 18.9 Å². The number of hydrogen-bond acceptors (Lipinski definition) is 12. The van der Waals surface area contributed by atoms with Crippen LogP contribution in [0.2, 0.25) is 0 Å². The van der Waals surface area contributed by atoms with Gasteiger partial charge in [-0.05, 0) is 48.5 Å². The van der Waals surface area contributed by atoms with Crippen molar-refractivity contribution in [2.24, 2.45) is 0 Å². The summed E-state index contributed by atoms with van der Waals surface area (Å²) in [4.78, 5) is -2.42. The fourth-order valence-electron chi connectivity index (χ4n) is 6.41. The molecule has 20 heteroatoms. The number of ether oxygens (including phenoxy) is 4. The van der Waals surface area contributed by atoms with Crippen molar-refractivity contribution in [3.63, 3.8) is 0 Å². The van der Waals surface area contributed by atoms with Crippen LogP contribution in [0.4, 0.5) is 0 Å². The standard InChI is InChI=1S/C32H32O16S4/c1-45-29-17-5-19-11-26(50(36,37)38)13-21(30(19)46-2)7-23-15-28(52(42,43)44)16-24(32(23)48-4)8-22-14-27(51(39,40)41)12-20(31(22)47-3)6-18(29)10-25(9-17)49(33,34)35/h9-16H,5-8H2,1-4H3,(H,33,34,35)(H,36,37,38)(H,39,40,41)(H,42,43,44). The Morgan fingerprint density at radius 1 is 0.346 bits per heavy atom. The number of hydrogen-bond donors (Lipinski definition) is 4. The van der Waals surface area contributed by atoms with Crippen LogP contribution in [0.25, 0.3) is 0 Å². The molecular formula is C32H32O16S4. The number of rotatable bonds is 8. The van der Waals surface area contributed by atoms with Crippen LogP contribution >= 0.6 is 0 Å². The lowest BCUT2D eigenvalue weighted by atomic mass is 9.91. The zero-order chi connectivity index (χ0) is 38.6. The maximum absolute atomic E-state index is 12.5. The summed E-state index contributed by atoms with van der Waals surface area (Å²) in [5, 5.41) is 0. The van der Waals surface area contributed by atoms with E-state index in [1.165, 1.54) is 28.4 Å². The van der Waals surface area contributed by atoms with Gasteiger partial charge in [-0.15, -0.1) is 0 Å². The third-order valence-electron chi connectivity index (χ3n) is 8.40. The highest BCUT2D eigenvalue weighted by molar-refractivity contribution is 7.86. The molecule has 52 heavy (non-hydrogen) atoms. The Hall–Kier alpha value is -4.28. The van der Waals surface area contributed by atoms with E-state index in [1.807, 2.05) is 0 Å². The van der Waals surface area contributed by atoms with Crippen LogP contribution in [0, 0.1) is 0 Å². The highest BCUT2D eigenvalue weighted by atomic mass is 32.2. The van der Waals surface area contributed by atoms with Gasteiger partial charge in [0.1, 0.15) is 23.0 Å². The maximum atomic E-state index is 12.5. The minimum absolute atomic E-state index is 0.0332. The first-order chi connectivity index (χ1) is 24.1. The Morgan fingerprint density at radius 3 is 0.577 bits per heavy atom. The fourth-order valence-corrected chi connectivity index (χ4v) is 8.73. The second kappa shape index (κ2) is 13.9. The molecule has 1 aliphatic rings. The van der Waals surface area contributed by atoms with Crippen molar-refractivity contribution >= 4 is 40.5 Å². The lowest BCUT2D eigenvalue weighted by Crippen LogP contribution is -2.11. The monoisotopic (exact) mass is 800 g/mol. The first kappa shape index (κ1) is 38.9. The molecule has 0 aromatic heterocycles. The van der Waals surface area contributed by atoms with Gasteiger partial charge in [0.2, 0.25) is 0 Å².